The van der Waals surface area contributed by atoms with Gasteiger partial charge in [0, 0.05) is 23.5 Å². The largest absolute Gasteiger partial charge is 0.465 e. The molecule has 126 valence electrons. The molecule has 1 aromatic heterocycles. The van der Waals surface area contributed by atoms with Crippen molar-refractivity contribution in [3.63, 3.8) is 0 Å². The molecular weight excluding hydrogens is 331 g/mol. The maximum Gasteiger partial charge on any atom is 0.318 e. The van der Waals surface area contributed by atoms with Crippen LogP contribution in [0.15, 0.2) is 29.8 Å². The molecule has 3 rings (SSSR count). The summed E-state index contributed by atoms with van der Waals surface area (Å²) in [5.74, 6) is -1.93. The first kappa shape index (κ1) is 16.6. The van der Waals surface area contributed by atoms with E-state index in [2.05, 4.69) is 4.98 Å². The number of benzene rings is 1. The van der Waals surface area contributed by atoms with Gasteiger partial charge >= 0.3 is 5.97 Å². The van der Waals surface area contributed by atoms with Crippen LogP contribution in [-0.4, -0.2) is 30.0 Å². The molecule has 7 heteroatoms. The zero-order valence-corrected chi connectivity index (χ0v) is 14.0. The van der Waals surface area contributed by atoms with Crippen molar-refractivity contribution in [1.29, 1.82) is 0 Å². The number of hydrogen-bond donors (Lipinski definition) is 0. The number of nitrogens with zero attached hydrogens (tertiary/aromatic N) is 2. The Labute approximate surface area is 143 Å². The van der Waals surface area contributed by atoms with Gasteiger partial charge in [-0.2, -0.15) is 0 Å². The number of hydrogen-bond acceptors (Lipinski definition) is 5. The van der Waals surface area contributed by atoms with Crippen molar-refractivity contribution < 1.29 is 18.7 Å². The van der Waals surface area contributed by atoms with Crippen LogP contribution in [0.4, 0.5) is 10.1 Å². The molecule has 5 nitrogen and oxygen atoms in total. The molecule has 0 radical (unpaired) electrons. The number of aryl methyl sites for hydroxylation is 1. The highest BCUT2D eigenvalue weighted by Crippen LogP contribution is 2.26. The van der Waals surface area contributed by atoms with E-state index in [9.17, 15) is 14.0 Å². The summed E-state index contributed by atoms with van der Waals surface area (Å²) in [4.78, 5) is 31.3. The van der Waals surface area contributed by atoms with Gasteiger partial charge in [-0.25, -0.2) is 9.37 Å². The van der Waals surface area contributed by atoms with Crippen LogP contribution < -0.4 is 4.90 Å². The summed E-state index contributed by atoms with van der Waals surface area (Å²) < 4.78 is 18.2. The maximum atomic E-state index is 13.0. The van der Waals surface area contributed by atoms with Gasteiger partial charge in [0.1, 0.15) is 11.7 Å². The minimum absolute atomic E-state index is 0.238. The number of carbonyl (C=O) groups excluding carboxylic acids is 2. The zero-order chi connectivity index (χ0) is 17.1. The Morgan fingerprint density at radius 3 is 2.83 bits per heavy atom. The number of esters is 1. The molecule has 1 aromatic carbocycles. The van der Waals surface area contributed by atoms with Crippen LogP contribution in [0.5, 0.6) is 0 Å². The lowest BCUT2D eigenvalue weighted by atomic mass is 10.1. The third kappa shape index (κ3) is 3.46. The molecule has 1 fully saturated rings. The Kier molecular flexibility index (Phi) is 4.89. The fourth-order valence-corrected chi connectivity index (χ4v) is 3.45. The van der Waals surface area contributed by atoms with E-state index >= 15 is 0 Å². The van der Waals surface area contributed by atoms with E-state index in [1.165, 1.54) is 40.5 Å². The first-order valence-electron chi connectivity index (χ1n) is 7.69. The number of thiazole rings is 1. The monoisotopic (exact) mass is 348 g/mol. The summed E-state index contributed by atoms with van der Waals surface area (Å²) in [6, 6.07) is 5.67. The van der Waals surface area contributed by atoms with E-state index in [0.29, 0.717) is 25.1 Å². The molecule has 2 aromatic rings. The van der Waals surface area contributed by atoms with Crippen LogP contribution in [-0.2, 0) is 20.7 Å². The fraction of sp³-hybridized carbons (Fsp3) is 0.353. The summed E-state index contributed by atoms with van der Waals surface area (Å²) in [5.41, 5.74) is 3.29. The van der Waals surface area contributed by atoms with E-state index < -0.39 is 11.9 Å². The lowest BCUT2D eigenvalue weighted by Gasteiger charge is -2.16. The molecule has 24 heavy (non-hydrogen) atoms. The Bertz CT molecular complexity index is 745. The average molecular weight is 348 g/mol. The van der Waals surface area contributed by atoms with Gasteiger partial charge in [-0.3, -0.25) is 9.59 Å². The number of halogens is 1. The fourth-order valence-electron chi connectivity index (χ4n) is 2.69. The first-order chi connectivity index (χ1) is 11.6. The second-order valence-corrected chi connectivity index (χ2v) is 6.53. The maximum absolute atomic E-state index is 13.0. The predicted molar refractivity (Wildman–Crippen MR) is 88.4 cm³/mol. The quantitative estimate of drug-likeness (QED) is 0.616. The molecule has 0 saturated carbocycles. The van der Waals surface area contributed by atoms with Crippen LogP contribution in [0.2, 0.25) is 0 Å². The number of ether oxygens (including phenoxy) is 1. The number of amides is 1. The van der Waals surface area contributed by atoms with Crippen molar-refractivity contribution >= 4 is 28.9 Å². The Morgan fingerprint density at radius 2 is 2.17 bits per heavy atom. The zero-order valence-electron chi connectivity index (χ0n) is 13.2. The molecule has 0 aliphatic carbocycles. The summed E-state index contributed by atoms with van der Waals surface area (Å²) in [7, 11) is 0. The van der Waals surface area contributed by atoms with E-state index in [0.717, 1.165) is 10.6 Å². The van der Waals surface area contributed by atoms with E-state index in [4.69, 9.17) is 4.74 Å². The third-order valence-corrected chi connectivity index (χ3v) is 5.04. The van der Waals surface area contributed by atoms with Crippen LogP contribution in [0.25, 0.3) is 0 Å². The van der Waals surface area contributed by atoms with Gasteiger partial charge in [0.05, 0.1) is 17.8 Å². The van der Waals surface area contributed by atoms with Crippen molar-refractivity contribution in [1.82, 2.24) is 4.98 Å². The number of anilines is 1. The summed E-state index contributed by atoms with van der Waals surface area (Å²) >= 11 is 1.52. The van der Waals surface area contributed by atoms with E-state index in [-0.39, 0.29) is 18.3 Å². The van der Waals surface area contributed by atoms with E-state index in [1.54, 1.807) is 5.51 Å². The SMILES string of the molecule is Cc1ncsc1CCOC(=O)[C@@H]1CCN(c2ccc(F)cc2)C1=O. The van der Waals surface area contributed by atoms with Gasteiger partial charge in [-0.1, -0.05) is 0 Å². The van der Waals surface area contributed by atoms with Gasteiger partial charge in [0.25, 0.3) is 0 Å². The Hall–Kier alpha value is -2.28. The molecule has 0 unspecified atom stereocenters. The lowest BCUT2D eigenvalue weighted by molar-refractivity contribution is -0.150. The van der Waals surface area contributed by atoms with E-state index in [1.807, 2.05) is 6.92 Å². The van der Waals surface area contributed by atoms with Gasteiger partial charge in [0.2, 0.25) is 5.91 Å². The van der Waals surface area contributed by atoms with Crippen molar-refractivity contribution in [3.8, 4) is 0 Å². The summed E-state index contributed by atoms with van der Waals surface area (Å²) in [6.45, 7) is 2.58. The molecule has 0 spiro atoms. The highest BCUT2D eigenvalue weighted by molar-refractivity contribution is 7.09. The first-order valence-corrected chi connectivity index (χ1v) is 8.57. The molecule has 1 amide bonds. The van der Waals surface area contributed by atoms with Crippen molar-refractivity contribution in [2.45, 2.75) is 19.8 Å². The smallest absolute Gasteiger partial charge is 0.318 e. The highest BCUT2D eigenvalue weighted by atomic mass is 32.1. The molecule has 2 heterocycles. The molecule has 0 N–H and O–H groups in total. The van der Waals surface area contributed by atoms with Crippen LogP contribution in [0, 0.1) is 18.7 Å². The number of carbonyl (C=O) groups is 2. The molecule has 1 atom stereocenters. The molecular formula is C17H17FN2O3S. The van der Waals surface area contributed by atoms with Crippen molar-refractivity contribution in [3.05, 3.63) is 46.2 Å². The minimum Gasteiger partial charge on any atom is -0.465 e. The van der Waals surface area contributed by atoms with Gasteiger partial charge in [-0.05, 0) is 37.6 Å². The van der Waals surface area contributed by atoms with Gasteiger partial charge in [-0.15, -0.1) is 11.3 Å². The lowest BCUT2D eigenvalue weighted by Crippen LogP contribution is -2.31. The second kappa shape index (κ2) is 7.09. The Morgan fingerprint density at radius 1 is 1.42 bits per heavy atom. The number of rotatable bonds is 5. The molecule has 1 saturated heterocycles. The number of aromatic nitrogens is 1. The van der Waals surface area contributed by atoms with Gasteiger partial charge < -0.3 is 9.64 Å². The summed E-state index contributed by atoms with van der Waals surface area (Å²) in [6.07, 6.45) is 1.01. The Balaban J connectivity index is 1.55. The van der Waals surface area contributed by atoms with Crippen LogP contribution >= 0.6 is 11.3 Å². The average Bonchev–Trinajstić information content (AvgIpc) is 3.14. The summed E-state index contributed by atoms with van der Waals surface area (Å²) in [5, 5.41) is 0. The molecule has 0 bridgehead atoms. The molecule has 1 aliphatic rings. The topological polar surface area (TPSA) is 59.5 Å². The van der Waals surface area contributed by atoms with Crippen LogP contribution in [0.3, 0.4) is 0 Å². The third-order valence-electron chi connectivity index (χ3n) is 4.05. The standard InChI is InChI=1S/C17H17FN2O3S/c1-11-15(24-10-19-11)7-9-23-17(22)14-6-8-20(16(14)21)13-4-2-12(18)3-5-13/h2-5,10,14H,6-9H2,1H3/t14-/m1/s1. The molecule has 1 aliphatic heterocycles. The second-order valence-electron chi connectivity index (χ2n) is 5.59. The predicted octanol–water partition coefficient (Wildman–Crippen LogP) is 2.73. The van der Waals surface area contributed by atoms with Crippen molar-refractivity contribution in [2.75, 3.05) is 18.1 Å². The normalized spacial score (nSPS) is 17.3. The minimum atomic E-state index is -0.780. The van der Waals surface area contributed by atoms with Crippen LogP contribution in [0.1, 0.15) is 17.0 Å². The highest BCUT2D eigenvalue weighted by Gasteiger charge is 2.38. The van der Waals surface area contributed by atoms with Crippen molar-refractivity contribution in [2.24, 2.45) is 5.92 Å². The van der Waals surface area contributed by atoms with Gasteiger partial charge in [0.15, 0.2) is 0 Å².